The van der Waals surface area contributed by atoms with Crippen molar-refractivity contribution in [2.24, 2.45) is 5.16 Å². The Bertz CT molecular complexity index is 754. The van der Waals surface area contributed by atoms with Gasteiger partial charge in [0.15, 0.2) is 0 Å². The summed E-state index contributed by atoms with van der Waals surface area (Å²) in [6.45, 7) is 4.36. The van der Waals surface area contributed by atoms with E-state index in [-0.39, 0.29) is 11.2 Å². The minimum atomic E-state index is -0.715. The van der Waals surface area contributed by atoms with Gasteiger partial charge in [0.1, 0.15) is 11.9 Å². The monoisotopic (exact) mass is 315 g/mol. The van der Waals surface area contributed by atoms with E-state index in [1.54, 1.807) is 6.92 Å². The molecule has 2 aromatic rings. The average molecular weight is 315 g/mol. The molecule has 3 rings (SSSR count). The molecule has 1 fully saturated rings. The van der Waals surface area contributed by atoms with Crippen molar-refractivity contribution in [1.82, 2.24) is 20.1 Å². The lowest BCUT2D eigenvalue weighted by atomic mass is 9.75. The van der Waals surface area contributed by atoms with Gasteiger partial charge in [-0.3, -0.25) is 4.57 Å². The third kappa shape index (κ3) is 2.46. The molecule has 1 aliphatic rings. The highest BCUT2D eigenvalue weighted by molar-refractivity contribution is 5.89. The van der Waals surface area contributed by atoms with E-state index in [4.69, 9.17) is 0 Å². The third-order valence-electron chi connectivity index (χ3n) is 5.06. The number of aromatic amines is 1. The number of benzene rings is 1. The summed E-state index contributed by atoms with van der Waals surface area (Å²) in [5.74, 6) is 0. The Hall–Kier alpha value is -2.41. The van der Waals surface area contributed by atoms with Crippen molar-refractivity contribution in [3.63, 3.8) is 0 Å². The highest BCUT2D eigenvalue weighted by atomic mass is 16.4. The Morgan fingerprint density at radius 2 is 2.09 bits per heavy atom. The summed E-state index contributed by atoms with van der Waals surface area (Å²) in [5, 5.41) is 22.4. The fourth-order valence-electron chi connectivity index (χ4n) is 3.36. The van der Waals surface area contributed by atoms with Crippen molar-refractivity contribution in [2.45, 2.75) is 37.8 Å². The maximum absolute atomic E-state index is 12.1. The molecule has 0 radical (unpaired) electrons. The summed E-state index contributed by atoms with van der Waals surface area (Å²) in [4.78, 5) is 12.1. The number of rotatable bonds is 3. The molecule has 1 aliphatic heterocycles. The normalized spacial score (nSPS) is 28.7. The summed E-state index contributed by atoms with van der Waals surface area (Å²) in [5.41, 5.74) is 0.481. The Kier molecular flexibility index (Phi) is 3.81. The number of oxime groups is 1. The minimum absolute atomic E-state index is 0.187. The van der Waals surface area contributed by atoms with Gasteiger partial charge in [0, 0.05) is 12.1 Å². The smallest absolute Gasteiger partial charge is 0.343 e. The molecule has 2 atom stereocenters. The lowest BCUT2D eigenvalue weighted by Gasteiger charge is -2.45. The second kappa shape index (κ2) is 5.66. The van der Waals surface area contributed by atoms with Crippen LogP contribution in [0.25, 0.3) is 0 Å². The van der Waals surface area contributed by atoms with Gasteiger partial charge in [-0.15, -0.1) is 0 Å². The Balaban J connectivity index is 1.96. The largest absolute Gasteiger partial charge is 0.411 e. The molecule has 7 nitrogen and oxygen atoms in total. The number of hydrogen-bond acceptors (Lipinski definition) is 5. The van der Waals surface area contributed by atoms with Gasteiger partial charge in [-0.05, 0) is 32.3 Å². The Morgan fingerprint density at radius 3 is 2.61 bits per heavy atom. The standard InChI is InChI=1S/C16H21N5O2/c1-12(20-23)16(21-11-18-19-14(21)22)9-8-15(2,17-10-16)13-6-4-3-5-7-13/h3-7,11,17,23H,8-10H2,1-2H3,(H,19,22)/b20-12+/t15-,16?/m0/s1. The number of nitrogens with one attached hydrogen (secondary N) is 2. The molecule has 0 aliphatic carbocycles. The van der Waals surface area contributed by atoms with Gasteiger partial charge in [0.25, 0.3) is 0 Å². The van der Waals surface area contributed by atoms with E-state index >= 15 is 0 Å². The van der Waals surface area contributed by atoms with E-state index in [1.807, 2.05) is 18.2 Å². The van der Waals surface area contributed by atoms with Crippen LogP contribution >= 0.6 is 0 Å². The first-order valence-electron chi connectivity index (χ1n) is 7.64. The second-order valence-electron chi connectivity index (χ2n) is 6.30. The topological polar surface area (TPSA) is 95.3 Å². The van der Waals surface area contributed by atoms with Crippen LogP contribution in [0.1, 0.15) is 32.3 Å². The molecule has 1 aromatic carbocycles. The minimum Gasteiger partial charge on any atom is -0.411 e. The lowest BCUT2D eigenvalue weighted by molar-refractivity contribution is 0.179. The van der Waals surface area contributed by atoms with Crippen LogP contribution in [0.5, 0.6) is 0 Å². The summed E-state index contributed by atoms with van der Waals surface area (Å²) in [6.07, 6.45) is 2.92. The first-order chi connectivity index (χ1) is 11.0. The fourth-order valence-corrected chi connectivity index (χ4v) is 3.36. The van der Waals surface area contributed by atoms with Gasteiger partial charge in [0.2, 0.25) is 0 Å². The van der Waals surface area contributed by atoms with Crippen LogP contribution in [0, 0.1) is 0 Å². The van der Waals surface area contributed by atoms with E-state index in [0.29, 0.717) is 18.7 Å². The van der Waals surface area contributed by atoms with E-state index < -0.39 is 5.54 Å². The maximum Gasteiger partial charge on any atom is 0.343 e. The molecule has 23 heavy (non-hydrogen) atoms. The van der Waals surface area contributed by atoms with Gasteiger partial charge in [0.05, 0.1) is 5.71 Å². The van der Waals surface area contributed by atoms with E-state index in [2.05, 4.69) is 39.7 Å². The van der Waals surface area contributed by atoms with Gasteiger partial charge >= 0.3 is 5.69 Å². The molecule has 1 aromatic heterocycles. The molecule has 1 unspecified atom stereocenters. The quantitative estimate of drug-likeness (QED) is 0.453. The van der Waals surface area contributed by atoms with Crippen molar-refractivity contribution < 1.29 is 5.21 Å². The summed E-state index contributed by atoms with van der Waals surface area (Å²) >= 11 is 0. The van der Waals surface area contributed by atoms with Crippen LogP contribution < -0.4 is 11.0 Å². The number of hydrogen-bond donors (Lipinski definition) is 3. The van der Waals surface area contributed by atoms with Crippen LogP contribution in [0.2, 0.25) is 0 Å². The van der Waals surface area contributed by atoms with Crippen molar-refractivity contribution in [3.05, 3.63) is 52.7 Å². The Labute approximate surface area is 134 Å². The molecule has 2 heterocycles. The second-order valence-corrected chi connectivity index (χ2v) is 6.30. The van der Waals surface area contributed by atoms with E-state index in [1.165, 1.54) is 16.5 Å². The van der Waals surface area contributed by atoms with E-state index in [9.17, 15) is 10.0 Å². The number of H-pyrrole nitrogens is 1. The first kappa shape index (κ1) is 15.5. The molecule has 0 amide bonds. The molecular formula is C16H21N5O2. The molecule has 0 spiro atoms. The predicted molar refractivity (Wildman–Crippen MR) is 86.7 cm³/mol. The summed E-state index contributed by atoms with van der Waals surface area (Å²) < 4.78 is 1.51. The number of nitrogens with zero attached hydrogens (tertiary/aromatic N) is 3. The van der Waals surface area contributed by atoms with Gasteiger partial charge in [-0.2, -0.15) is 5.10 Å². The summed E-state index contributed by atoms with van der Waals surface area (Å²) in [7, 11) is 0. The van der Waals surface area contributed by atoms with Crippen molar-refractivity contribution in [1.29, 1.82) is 0 Å². The zero-order valence-electron chi connectivity index (χ0n) is 13.3. The molecule has 0 saturated carbocycles. The molecule has 3 N–H and O–H groups in total. The summed E-state index contributed by atoms with van der Waals surface area (Å²) in [6, 6.07) is 10.2. The van der Waals surface area contributed by atoms with E-state index in [0.717, 1.165) is 6.42 Å². The van der Waals surface area contributed by atoms with Crippen LogP contribution in [-0.2, 0) is 11.1 Å². The van der Waals surface area contributed by atoms with Gasteiger partial charge in [-0.25, -0.2) is 9.89 Å². The van der Waals surface area contributed by atoms with Crippen molar-refractivity contribution >= 4 is 5.71 Å². The maximum atomic E-state index is 12.1. The zero-order valence-corrected chi connectivity index (χ0v) is 13.3. The SMILES string of the molecule is C/C(=N\O)C1(n2cn[nH]c2=O)CC[C@@](C)(c2ccccc2)NC1. The first-order valence-corrected chi connectivity index (χ1v) is 7.64. The Morgan fingerprint density at radius 1 is 1.35 bits per heavy atom. The van der Waals surface area contributed by atoms with Crippen LogP contribution in [-0.4, -0.2) is 32.2 Å². The number of piperidine rings is 1. The van der Waals surface area contributed by atoms with Gasteiger partial charge in [-0.1, -0.05) is 35.5 Å². The molecular weight excluding hydrogens is 294 g/mol. The highest BCUT2D eigenvalue weighted by Gasteiger charge is 2.45. The molecule has 1 saturated heterocycles. The average Bonchev–Trinajstić information content (AvgIpc) is 3.02. The predicted octanol–water partition coefficient (Wildman–Crippen LogP) is 1.42. The van der Waals surface area contributed by atoms with Crippen LogP contribution in [0.3, 0.4) is 0 Å². The zero-order chi connectivity index (χ0) is 16.5. The molecule has 7 heteroatoms. The van der Waals surface area contributed by atoms with Crippen molar-refractivity contribution in [2.75, 3.05) is 6.54 Å². The lowest BCUT2D eigenvalue weighted by Crippen LogP contribution is -2.60. The highest BCUT2D eigenvalue weighted by Crippen LogP contribution is 2.37. The fraction of sp³-hybridized carbons (Fsp3) is 0.438. The van der Waals surface area contributed by atoms with Crippen molar-refractivity contribution in [3.8, 4) is 0 Å². The molecule has 0 bridgehead atoms. The third-order valence-corrected chi connectivity index (χ3v) is 5.06. The van der Waals surface area contributed by atoms with Gasteiger partial charge < -0.3 is 10.5 Å². The molecule has 122 valence electrons. The number of aromatic nitrogens is 3. The van der Waals surface area contributed by atoms with Crippen LogP contribution in [0.15, 0.2) is 46.6 Å². The van der Waals surface area contributed by atoms with Crippen LogP contribution in [0.4, 0.5) is 0 Å².